The SMILES string of the molecule is CCOC(=O)C=Cc1c[nH]c(=O)c(Cl)c1. The fraction of sp³-hybridized carbons (Fsp3) is 0.200. The molecular weight excluding hydrogens is 218 g/mol. The zero-order chi connectivity index (χ0) is 11.3. The van der Waals surface area contributed by atoms with Crippen molar-refractivity contribution in [2.75, 3.05) is 6.61 Å². The Morgan fingerprint density at radius 2 is 2.40 bits per heavy atom. The average molecular weight is 228 g/mol. The number of halogens is 1. The van der Waals surface area contributed by atoms with Gasteiger partial charge in [0.05, 0.1) is 6.61 Å². The van der Waals surface area contributed by atoms with Gasteiger partial charge >= 0.3 is 5.97 Å². The number of hydrogen-bond donors (Lipinski definition) is 1. The van der Waals surface area contributed by atoms with E-state index in [1.54, 1.807) is 6.92 Å². The van der Waals surface area contributed by atoms with Crippen LogP contribution in [-0.2, 0) is 9.53 Å². The van der Waals surface area contributed by atoms with E-state index in [4.69, 9.17) is 11.6 Å². The Morgan fingerprint density at radius 3 is 3.00 bits per heavy atom. The number of pyridine rings is 1. The van der Waals surface area contributed by atoms with E-state index in [1.807, 2.05) is 0 Å². The summed E-state index contributed by atoms with van der Waals surface area (Å²) < 4.78 is 4.69. The van der Waals surface area contributed by atoms with Gasteiger partial charge in [0.1, 0.15) is 5.02 Å². The van der Waals surface area contributed by atoms with Crippen molar-refractivity contribution in [2.24, 2.45) is 0 Å². The van der Waals surface area contributed by atoms with Crippen LogP contribution in [-0.4, -0.2) is 17.6 Å². The molecule has 4 nitrogen and oxygen atoms in total. The highest BCUT2D eigenvalue weighted by molar-refractivity contribution is 6.30. The number of carbonyl (C=O) groups is 1. The molecule has 0 fully saturated rings. The Kier molecular flexibility index (Phi) is 4.12. The standard InChI is InChI=1S/C10H10ClNO3/c1-2-15-9(13)4-3-7-5-8(11)10(14)12-6-7/h3-6H,2H2,1H3,(H,12,14). The molecule has 0 radical (unpaired) electrons. The summed E-state index contributed by atoms with van der Waals surface area (Å²) >= 11 is 5.60. The van der Waals surface area contributed by atoms with Gasteiger partial charge in [-0.2, -0.15) is 0 Å². The molecule has 0 unspecified atom stereocenters. The average Bonchev–Trinajstić information content (AvgIpc) is 2.20. The summed E-state index contributed by atoms with van der Waals surface area (Å²) in [6, 6.07) is 1.47. The summed E-state index contributed by atoms with van der Waals surface area (Å²) in [4.78, 5) is 24.3. The molecule has 0 spiro atoms. The van der Waals surface area contributed by atoms with E-state index in [0.29, 0.717) is 12.2 Å². The fourth-order valence-electron chi connectivity index (χ4n) is 0.922. The molecule has 80 valence electrons. The zero-order valence-electron chi connectivity index (χ0n) is 8.12. The second-order valence-corrected chi connectivity index (χ2v) is 3.10. The smallest absolute Gasteiger partial charge is 0.330 e. The van der Waals surface area contributed by atoms with Gasteiger partial charge in [-0.3, -0.25) is 4.79 Å². The van der Waals surface area contributed by atoms with Gasteiger partial charge in [0, 0.05) is 12.3 Å². The Bertz CT molecular complexity index is 437. The number of aromatic amines is 1. The molecule has 0 bridgehead atoms. The summed E-state index contributed by atoms with van der Waals surface area (Å²) in [5, 5.41) is 0.0843. The maximum Gasteiger partial charge on any atom is 0.330 e. The summed E-state index contributed by atoms with van der Waals surface area (Å²) in [5.74, 6) is -0.431. The Morgan fingerprint density at radius 1 is 1.67 bits per heavy atom. The van der Waals surface area contributed by atoms with Gasteiger partial charge in [-0.15, -0.1) is 0 Å². The first kappa shape index (κ1) is 11.5. The number of aromatic nitrogens is 1. The van der Waals surface area contributed by atoms with Crippen molar-refractivity contribution >= 4 is 23.6 Å². The van der Waals surface area contributed by atoms with Crippen LogP contribution in [0.3, 0.4) is 0 Å². The van der Waals surface area contributed by atoms with E-state index in [-0.39, 0.29) is 10.6 Å². The van der Waals surface area contributed by atoms with Crippen LogP contribution in [0.4, 0.5) is 0 Å². The molecule has 15 heavy (non-hydrogen) atoms. The number of esters is 1. The molecule has 0 saturated heterocycles. The topological polar surface area (TPSA) is 59.2 Å². The van der Waals surface area contributed by atoms with Crippen LogP contribution in [0, 0.1) is 0 Å². The van der Waals surface area contributed by atoms with Gasteiger partial charge in [-0.25, -0.2) is 4.79 Å². The van der Waals surface area contributed by atoms with E-state index >= 15 is 0 Å². The molecule has 0 aliphatic rings. The molecule has 1 rings (SSSR count). The minimum atomic E-state index is -0.431. The molecule has 0 aliphatic carbocycles. The fourth-order valence-corrected chi connectivity index (χ4v) is 1.10. The van der Waals surface area contributed by atoms with Crippen molar-refractivity contribution in [3.8, 4) is 0 Å². The van der Waals surface area contributed by atoms with Crippen LogP contribution >= 0.6 is 11.6 Å². The number of nitrogens with one attached hydrogen (secondary N) is 1. The minimum Gasteiger partial charge on any atom is -0.463 e. The van der Waals surface area contributed by atoms with E-state index in [9.17, 15) is 9.59 Å². The van der Waals surface area contributed by atoms with Crippen LogP contribution in [0.2, 0.25) is 5.02 Å². The first-order valence-corrected chi connectivity index (χ1v) is 4.74. The third-order valence-corrected chi connectivity index (χ3v) is 1.86. The van der Waals surface area contributed by atoms with Crippen molar-refractivity contribution in [3.63, 3.8) is 0 Å². The quantitative estimate of drug-likeness (QED) is 0.630. The number of hydrogen-bond acceptors (Lipinski definition) is 3. The number of ether oxygens (including phenoxy) is 1. The minimum absolute atomic E-state index is 0.0843. The lowest BCUT2D eigenvalue weighted by Gasteiger charge is -1.95. The molecular formula is C10H10ClNO3. The Balaban J connectivity index is 2.77. The van der Waals surface area contributed by atoms with Gasteiger partial charge < -0.3 is 9.72 Å². The lowest BCUT2D eigenvalue weighted by Crippen LogP contribution is -2.05. The van der Waals surface area contributed by atoms with Gasteiger partial charge in [-0.1, -0.05) is 11.6 Å². The summed E-state index contributed by atoms with van der Waals surface area (Å²) in [7, 11) is 0. The van der Waals surface area contributed by atoms with Crippen LogP contribution < -0.4 is 5.56 Å². The summed E-state index contributed by atoms with van der Waals surface area (Å²) in [6.07, 6.45) is 4.25. The molecule has 1 heterocycles. The van der Waals surface area contributed by atoms with Crippen molar-refractivity contribution in [1.29, 1.82) is 0 Å². The third kappa shape index (κ3) is 3.59. The second kappa shape index (κ2) is 5.36. The maximum absolute atomic E-state index is 11.0. The van der Waals surface area contributed by atoms with Gasteiger partial charge in [0.15, 0.2) is 0 Å². The summed E-state index contributed by atoms with van der Waals surface area (Å²) in [6.45, 7) is 2.05. The van der Waals surface area contributed by atoms with Crippen molar-refractivity contribution in [2.45, 2.75) is 6.92 Å². The monoisotopic (exact) mass is 227 g/mol. The van der Waals surface area contributed by atoms with Crippen LogP contribution in [0.5, 0.6) is 0 Å². The lowest BCUT2D eigenvalue weighted by atomic mass is 10.2. The predicted molar refractivity (Wildman–Crippen MR) is 57.7 cm³/mol. The molecule has 1 aromatic heterocycles. The molecule has 0 aromatic carbocycles. The second-order valence-electron chi connectivity index (χ2n) is 2.70. The van der Waals surface area contributed by atoms with E-state index in [1.165, 1.54) is 24.4 Å². The maximum atomic E-state index is 11.0. The van der Waals surface area contributed by atoms with Gasteiger partial charge in [0.25, 0.3) is 5.56 Å². The van der Waals surface area contributed by atoms with Gasteiger partial charge in [0.2, 0.25) is 0 Å². The molecule has 5 heteroatoms. The zero-order valence-corrected chi connectivity index (χ0v) is 8.88. The molecule has 0 aliphatic heterocycles. The Hall–Kier alpha value is -1.55. The van der Waals surface area contributed by atoms with E-state index < -0.39 is 5.97 Å². The normalized spacial score (nSPS) is 10.5. The van der Waals surface area contributed by atoms with Crippen LogP contribution in [0.25, 0.3) is 6.08 Å². The highest BCUT2D eigenvalue weighted by Crippen LogP contribution is 2.05. The highest BCUT2D eigenvalue weighted by Gasteiger charge is 1.97. The molecule has 0 atom stereocenters. The van der Waals surface area contributed by atoms with Crippen LogP contribution in [0.15, 0.2) is 23.1 Å². The Labute approximate surface area is 91.5 Å². The number of H-pyrrole nitrogens is 1. The predicted octanol–water partition coefficient (Wildman–Crippen LogP) is 1.60. The third-order valence-electron chi connectivity index (χ3n) is 1.58. The van der Waals surface area contributed by atoms with Gasteiger partial charge in [-0.05, 0) is 24.6 Å². The molecule has 1 aromatic rings. The number of carbonyl (C=O) groups excluding carboxylic acids is 1. The van der Waals surface area contributed by atoms with Crippen molar-refractivity contribution in [3.05, 3.63) is 39.3 Å². The molecule has 0 amide bonds. The first-order chi connectivity index (χ1) is 7.13. The van der Waals surface area contributed by atoms with Crippen molar-refractivity contribution in [1.82, 2.24) is 4.98 Å². The highest BCUT2D eigenvalue weighted by atomic mass is 35.5. The van der Waals surface area contributed by atoms with E-state index in [0.717, 1.165) is 0 Å². The molecule has 1 N–H and O–H groups in total. The van der Waals surface area contributed by atoms with E-state index in [2.05, 4.69) is 9.72 Å². The van der Waals surface area contributed by atoms with Crippen LogP contribution in [0.1, 0.15) is 12.5 Å². The first-order valence-electron chi connectivity index (χ1n) is 4.36. The lowest BCUT2D eigenvalue weighted by molar-refractivity contribution is -0.137. The molecule has 0 saturated carbocycles. The number of rotatable bonds is 3. The summed E-state index contributed by atoms with van der Waals surface area (Å²) in [5.41, 5.74) is 0.276. The van der Waals surface area contributed by atoms with Crippen molar-refractivity contribution < 1.29 is 9.53 Å². The largest absolute Gasteiger partial charge is 0.463 e.